The number of hydrogen-bond donors (Lipinski definition) is 0. The predicted molar refractivity (Wildman–Crippen MR) is 66.0 cm³/mol. The van der Waals surface area contributed by atoms with Gasteiger partial charge in [-0.3, -0.25) is 4.79 Å². The molecular weight excluding hydrogens is 291 g/mol. The second kappa shape index (κ2) is 5.87. The molecule has 0 saturated heterocycles. The number of hydrogen-bond acceptors (Lipinski definition) is 1. The molecule has 21 heavy (non-hydrogen) atoms. The third-order valence-corrected chi connectivity index (χ3v) is 2.68. The predicted octanol–water partition coefficient (Wildman–Crippen LogP) is 4.28. The van der Waals surface area contributed by atoms with Crippen LogP contribution in [0.2, 0.25) is 0 Å². The van der Waals surface area contributed by atoms with E-state index in [0.29, 0.717) is 5.56 Å². The molecule has 108 valence electrons. The van der Waals surface area contributed by atoms with E-state index in [-0.39, 0.29) is 0 Å². The Hall–Kier alpha value is -2.50. The molecule has 0 bridgehead atoms. The van der Waals surface area contributed by atoms with Crippen LogP contribution in [0.1, 0.15) is 15.9 Å². The lowest BCUT2D eigenvalue weighted by molar-refractivity contribution is 0.103. The van der Waals surface area contributed by atoms with E-state index in [1.807, 2.05) is 0 Å². The Bertz CT molecular complexity index is 694. The van der Waals surface area contributed by atoms with E-state index in [0.717, 1.165) is 6.08 Å². The van der Waals surface area contributed by atoms with Crippen LogP contribution in [0.25, 0.3) is 6.08 Å². The first kappa shape index (κ1) is 14.9. The van der Waals surface area contributed by atoms with Crippen LogP contribution < -0.4 is 0 Å². The number of carbonyl (C=O) groups excluding carboxylic acids is 1. The van der Waals surface area contributed by atoms with Crippen molar-refractivity contribution in [2.45, 2.75) is 0 Å². The maximum absolute atomic E-state index is 13.4. The number of benzene rings is 2. The summed E-state index contributed by atoms with van der Waals surface area (Å²) in [6.45, 7) is 0. The van der Waals surface area contributed by atoms with Gasteiger partial charge in [-0.05, 0) is 11.6 Å². The molecule has 0 atom stereocenters. The van der Waals surface area contributed by atoms with E-state index in [9.17, 15) is 26.7 Å². The highest BCUT2D eigenvalue weighted by Gasteiger charge is 2.28. The molecule has 2 rings (SSSR count). The van der Waals surface area contributed by atoms with Gasteiger partial charge in [0.05, 0.1) is 5.56 Å². The average molecular weight is 298 g/mol. The molecule has 0 aromatic heterocycles. The first-order chi connectivity index (χ1) is 9.93. The van der Waals surface area contributed by atoms with Crippen molar-refractivity contribution >= 4 is 11.9 Å². The molecule has 0 spiro atoms. The van der Waals surface area contributed by atoms with Crippen LogP contribution in [-0.2, 0) is 0 Å². The van der Waals surface area contributed by atoms with E-state index in [1.54, 1.807) is 30.3 Å². The summed E-state index contributed by atoms with van der Waals surface area (Å²) in [5.74, 6) is -12.2. The van der Waals surface area contributed by atoms with Crippen molar-refractivity contribution in [2.24, 2.45) is 0 Å². The molecule has 2 aromatic rings. The van der Waals surface area contributed by atoms with Crippen LogP contribution in [0.3, 0.4) is 0 Å². The third-order valence-electron chi connectivity index (χ3n) is 2.68. The quantitative estimate of drug-likeness (QED) is 0.272. The van der Waals surface area contributed by atoms with Crippen molar-refractivity contribution in [2.75, 3.05) is 0 Å². The van der Waals surface area contributed by atoms with Gasteiger partial charge < -0.3 is 0 Å². The molecule has 0 aliphatic rings. The van der Waals surface area contributed by atoms with Crippen molar-refractivity contribution in [1.29, 1.82) is 0 Å². The minimum absolute atomic E-state index is 0.537. The molecule has 0 aliphatic heterocycles. The summed E-state index contributed by atoms with van der Waals surface area (Å²) in [7, 11) is 0. The SMILES string of the molecule is O=C(C=Cc1ccccc1)c1c(F)c(F)c(F)c(F)c1F. The van der Waals surface area contributed by atoms with Gasteiger partial charge >= 0.3 is 0 Å². The molecule has 1 nitrogen and oxygen atoms in total. The summed E-state index contributed by atoms with van der Waals surface area (Å²) >= 11 is 0. The highest BCUT2D eigenvalue weighted by molar-refractivity contribution is 6.07. The number of allylic oxidation sites excluding steroid dienone is 1. The minimum Gasteiger partial charge on any atom is -0.289 e. The molecule has 0 unspecified atom stereocenters. The van der Waals surface area contributed by atoms with Crippen LogP contribution in [0.15, 0.2) is 36.4 Å². The first-order valence-corrected chi connectivity index (χ1v) is 5.72. The van der Waals surface area contributed by atoms with Gasteiger partial charge in [0.1, 0.15) is 0 Å². The fourth-order valence-corrected chi connectivity index (χ4v) is 1.64. The van der Waals surface area contributed by atoms with Crippen molar-refractivity contribution in [3.8, 4) is 0 Å². The second-order valence-corrected chi connectivity index (χ2v) is 4.05. The number of rotatable bonds is 3. The largest absolute Gasteiger partial charge is 0.289 e. The summed E-state index contributed by atoms with van der Waals surface area (Å²) in [5.41, 5.74) is -0.937. The zero-order valence-electron chi connectivity index (χ0n) is 10.3. The summed E-state index contributed by atoms with van der Waals surface area (Å²) in [6.07, 6.45) is 1.95. The van der Waals surface area contributed by atoms with Gasteiger partial charge in [0.25, 0.3) is 0 Å². The van der Waals surface area contributed by atoms with Gasteiger partial charge in [-0.1, -0.05) is 36.4 Å². The van der Waals surface area contributed by atoms with Crippen molar-refractivity contribution in [3.63, 3.8) is 0 Å². The van der Waals surface area contributed by atoms with E-state index >= 15 is 0 Å². The van der Waals surface area contributed by atoms with Gasteiger partial charge in [-0.15, -0.1) is 0 Å². The van der Waals surface area contributed by atoms with Crippen LogP contribution in [0.4, 0.5) is 22.0 Å². The van der Waals surface area contributed by atoms with Crippen LogP contribution >= 0.6 is 0 Å². The first-order valence-electron chi connectivity index (χ1n) is 5.72. The zero-order chi connectivity index (χ0) is 15.6. The number of carbonyl (C=O) groups is 1. The van der Waals surface area contributed by atoms with Gasteiger partial charge in [0, 0.05) is 0 Å². The molecule has 0 amide bonds. The normalized spacial score (nSPS) is 11.1. The molecule has 0 radical (unpaired) electrons. The van der Waals surface area contributed by atoms with Gasteiger partial charge in [-0.2, -0.15) is 0 Å². The van der Waals surface area contributed by atoms with Gasteiger partial charge in [-0.25, -0.2) is 22.0 Å². The Labute approximate surface area is 116 Å². The lowest BCUT2D eigenvalue weighted by Gasteiger charge is -2.05. The molecule has 0 saturated carbocycles. The average Bonchev–Trinajstić information content (AvgIpc) is 2.50. The minimum atomic E-state index is -2.30. The Morgan fingerprint density at radius 1 is 0.762 bits per heavy atom. The smallest absolute Gasteiger partial charge is 0.200 e. The Morgan fingerprint density at radius 2 is 1.24 bits per heavy atom. The fraction of sp³-hybridized carbons (Fsp3) is 0. The van der Waals surface area contributed by atoms with Crippen LogP contribution in [0, 0.1) is 29.1 Å². The number of ketones is 1. The highest BCUT2D eigenvalue weighted by Crippen LogP contribution is 2.23. The Morgan fingerprint density at radius 3 is 1.76 bits per heavy atom. The molecule has 0 heterocycles. The third kappa shape index (κ3) is 2.84. The molecular formula is C15H7F5O. The summed E-state index contributed by atoms with van der Waals surface area (Å²) in [4.78, 5) is 11.7. The van der Waals surface area contributed by atoms with Gasteiger partial charge in [0.15, 0.2) is 29.1 Å². The van der Waals surface area contributed by atoms with Crippen LogP contribution in [-0.4, -0.2) is 5.78 Å². The maximum atomic E-state index is 13.4. The Kier molecular flexibility index (Phi) is 4.16. The van der Waals surface area contributed by atoms with Crippen molar-refractivity contribution in [3.05, 3.63) is 76.6 Å². The molecule has 6 heteroatoms. The molecule has 0 fully saturated rings. The van der Waals surface area contributed by atoms with Crippen molar-refractivity contribution < 1.29 is 26.7 Å². The summed E-state index contributed by atoms with van der Waals surface area (Å²) in [5, 5.41) is 0. The fourth-order valence-electron chi connectivity index (χ4n) is 1.64. The lowest BCUT2D eigenvalue weighted by atomic mass is 10.1. The van der Waals surface area contributed by atoms with E-state index < -0.39 is 40.4 Å². The standard InChI is InChI=1S/C15H7F5O/c16-11-10(12(17)14(19)15(20)13(11)18)9(21)7-6-8-4-2-1-3-5-8/h1-7H. The summed E-state index contributed by atoms with van der Waals surface area (Å²) < 4.78 is 65.6. The highest BCUT2D eigenvalue weighted by atomic mass is 19.2. The van der Waals surface area contributed by atoms with E-state index in [4.69, 9.17) is 0 Å². The Balaban J connectivity index is 2.43. The zero-order valence-corrected chi connectivity index (χ0v) is 10.3. The monoisotopic (exact) mass is 298 g/mol. The maximum Gasteiger partial charge on any atom is 0.200 e. The number of halogens is 5. The van der Waals surface area contributed by atoms with E-state index in [2.05, 4.69) is 0 Å². The second-order valence-electron chi connectivity index (χ2n) is 4.05. The van der Waals surface area contributed by atoms with Gasteiger partial charge in [0.2, 0.25) is 5.82 Å². The molecule has 0 N–H and O–H groups in total. The molecule has 0 aliphatic carbocycles. The summed E-state index contributed by atoms with van der Waals surface area (Å²) in [6, 6.07) is 8.22. The van der Waals surface area contributed by atoms with Crippen molar-refractivity contribution in [1.82, 2.24) is 0 Å². The molecule has 2 aromatic carbocycles. The topological polar surface area (TPSA) is 17.1 Å². The van der Waals surface area contributed by atoms with Crippen LogP contribution in [0.5, 0.6) is 0 Å². The van der Waals surface area contributed by atoms with E-state index in [1.165, 1.54) is 6.08 Å². The lowest BCUT2D eigenvalue weighted by Crippen LogP contribution is -2.11.